The van der Waals surface area contributed by atoms with Gasteiger partial charge < -0.3 is 9.84 Å². The number of imidazole rings is 1. The second-order valence-electron chi connectivity index (χ2n) is 8.61. The highest BCUT2D eigenvalue weighted by atomic mass is 16.5. The normalized spacial score (nSPS) is 11.2. The molecule has 0 unspecified atom stereocenters. The Morgan fingerprint density at radius 2 is 1.53 bits per heavy atom. The minimum absolute atomic E-state index is 0.151. The SMILES string of the molecule is COCc1cccc(Cc2nc3c(Cc4ccccc4)nc(-c4cccc(C)c4)cn3c2O)c1. The van der Waals surface area contributed by atoms with Crippen LogP contribution in [0.1, 0.15) is 33.6 Å². The Bertz CT molecular complexity index is 1440. The Kier molecular flexibility index (Phi) is 6.11. The predicted molar refractivity (Wildman–Crippen MR) is 134 cm³/mol. The fourth-order valence-corrected chi connectivity index (χ4v) is 4.30. The second kappa shape index (κ2) is 9.49. The molecule has 170 valence electrons. The predicted octanol–water partition coefficient (Wildman–Crippen LogP) is 5.74. The van der Waals surface area contributed by atoms with Crippen LogP contribution in [0.25, 0.3) is 16.9 Å². The number of rotatable bonds is 7. The van der Waals surface area contributed by atoms with Crippen molar-refractivity contribution >= 4 is 5.65 Å². The number of benzene rings is 3. The molecule has 5 nitrogen and oxygen atoms in total. The summed E-state index contributed by atoms with van der Waals surface area (Å²) >= 11 is 0. The molecule has 2 heterocycles. The summed E-state index contributed by atoms with van der Waals surface area (Å²) in [7, 11) is 1.69. The molecule has 0 aliphatic carbocycles. The Morgan fingerprint density at radius 1 is 0.794 bits per heavy atom. The van der Waals surface area contributed by atoms with Crippen LogP contribution in [0.4, 0.5) is 0 Å². The van der Waals surface area contributed by atoms with Gasteiger partial charge in [-0.3, -0.25) is 4.40 Å². The maximum absolute atomic E-state index is 11.2. The first kappa shape index (κ1) is 21.9. The maximum atomic E-state index is 11.2. The third-order valence-corrected chi connectivity index (χ3v) is 5.92. The highest BCUT2D eigenvalue weighted by Crippen LogP contribution is 2.28. The van der Waals surface area contributed by atoms with E-state index in [9.17, 15) is 5.11 Å². The van der Waals surface area contributed by atoms with E-state index in [0.29, 0.717) is 30.8 Å². The number of aromatic nitrogens is 3. The van der Waals surface area contributed by atoms with E-state index >= 15 is 0 Å². The van der Waals surface area contributed by atoms with Gasteiger partial charge in [0.05, 0.1) is 18.0 Å². The molecule has 5 rings (SSSR count). The molecule has 0 aliphatic rings. The zero-order valence-electron chi connectivity index (χ0n) is 19.4. The van der Waals surface area contributed by atoms with Crippen molar-refractivity contribution < 1.29 is 9.84 Å². The first-order chi connectivity index (χ1) is 16.6. The molecule has 0 saturated carbocycles. The molecule has 5 aromatic rings. The molecule has 0 fully saturated rings. The van der Waals surface area contributed by atoms with Crippen LogP contribution in [0, 0.1) is 6.92 Å². The largest absolute Gasteiger partial charge is 0.493 e. The van der Waals surface area contributed by atoms with Crippen LogP contribution in [-0.2, 0) is 24.2 Å². The Balaban J connectivity index is 1.61. The lowest BCUT2D eigenvalue weighted by Gasteiger charge is -2.09. The second-order valence-corrected chi connectivity index (χ2v) is 8.61. The van der Waals surface area contributed by atoms with Gasteiger partial charge in [0.15, 0.2) is 5.65 Å². The van der Waals surface area contributed by atoms with E-state index in [1.54, 1.807) is 11.5 Å². The van der Waals surface area contributed by atoms with Crippen LogP contribution in [0.3, 0.4) is 0 Å². The number of hydrogen-bond acceptors (Lipinski definition) is 4. The van der Waals surface area contributed by atoms with Crippen LogP contribution in [0.5, 0.6) is 5.88 Å². The molecular formula is C29H27N3O2. The lowest BCUT2D eigenvalue weighted by molar-refractivity contribution is 0.185. The first-order valence-corrected chi connectivity index (χ1v) is 11.4. The number of methoxy groups -OCH3 is 1. The van der Waals surface area contributed by atoms with E-state index in [0.717, 1.165) is 39.2 Å². The standard InChI is InChI=1S/C29H27N3O2/c1-20-8-6-13-24(14-20)27-18-32-28(25(30-27)16-21-9-4-3-5-10-21)31-26(29(32)33)17-22-11-7-12-23(15-22)19-34-2/h3-15,18,33H,16-17,19H2,1-2H3. The first-order valence-electron chi connectivity index (χ1n) is 11.4. The van der Waals surface area contributed by atoms with Gasteiger partial charge in [-0.1, -0.05) is 78.4 Å². The number of hydrogen-bond donors (Lipinski definition) is 1. The molecule has 0 aliphatic heterocycles. The third kappa shape index (κ3) is 4.56. The smallest absolute Gasteiger partial charge is 0.219 e. The summed E-state index contributed by atoms with van der Waals surface area (Å²) in [6.45, 7) is 2.62. The summed E-state index contributed by atoms with van der Waals surface area (Å²) in [6, 6.07) is 26.7. The average molecular weight is 450 g/mol. The Morgan fingerprint density at radius 3 is 2.32 bits per heavy atom. The van der Waals surface area contributed by atoms with Crippen LogP contribution >= 0.6 is 0 Å². The van der Waals surface area contributed by atoms with Gasteiger partial charge in [-0.2, -0.15) is 0 Å². The fraction of sp³-hybridized carbons (Fsp3) is 0.172. The van der Waals surface area contributed by atoms with E-state index in [4.69, 9.17) is 14.7 Å². The Labute approximate surface area is 199 Å². The van der Waals surface area contributed by atoms with E-state index in [-0.39, 0.29) is 5.88 Å². The molecule has 0 atom stereocenters. The molecule has 0 spiro atoms. The van der Waals surface area contributed by atoms with Crippen molar-refractivity contribution in [1.82, 2.24) is 14.4 Å². The topological polar surface area (TPSA) is 59.7 Å². The number of aromatic hydroxyl groups is 1. The number of fused-ring (bicyclic) bond motifs is 1. The van der Waals surface area contributed by atoms with Gasteiger partial charge in [0, 0.05) is 31.7 Å². The van der Waals surface area contributed by atoms with Crippen molar-refractivity contribution in [2.75, 3.05) is 7.11 Å². The van der Waals surface area contributed by atoms with Crippen LogP contribution in [0.15, 0.2) is 85.1 Å². The van der Waals surface area contributed by atoms with E-state index in [2.05, 4.69) is 37.3 Å². The van der Waals surface area contributed by atoms with Crippen molar-refractivity contribution in [1.29, 1.82) is 0 Å². The zero-order valence-corrected chi connectivity index (χ0v) is 19.4. The average Bonchev–Trinajstić information content (AvgIpc) is 3.16. The fourth-order valence-electron chi connectivity index (χ4n) is 4.30. The quantitative estimate of drug-likeness (QED) is 0.344. The van der Waals surface area contributed by atoms with E-state index in [1.165, 1.54) is 0 Å². The lowest BCUT2D eigenvalue weighted by atomic mass is 10.1. The van der Waals surface area contributed by atoms with E-state index in [1.807, 2.05) is 54.7 Å². The monoisotopic (exact) mass is 449 g/mol. The zero-order chi connectivity index (χ0) is 23.5. The molecule has 34 heavy (non-hydrogen) atoms. The molecule has 5 heteroatoms. The van der Waals surface area contributed by atoms with Gasteiger partial charge in [-0.25, -0.2) is 9.97 Å². The van der Waals surface area contributed by atoms with Crippen LogP contribution in [-0.4, -0.2) is 26.6 Å². The summed E-state index contributed by atoms with van der Waals surface area (Å²) in [4.78, 5) is 9.85. The lowest BCUT2D eigenvalue weighted by Crippen LogP contribution is -2.01. The number of aryl methyl sites for hydroxylation is 1. The Hall–Kier alpha value is -3.96. The molecule has 2 aromatic heterocycles. The van der Waals surface area contributed by atoms with Gasteiger partial charge >= 0.3 is 0 Å². The van der Waals surface area contributed by atoms with Gasteiger partial charge in [0.25, 0.3) is 0 Å². The van der Waals surface area contributed by atoms with E-state index < -0.39 is 0 Å². The minimum atomic E-state index is 0.151. The maximum Gasteiger partial charge on any atom is 0.219 e. The van der Waals surface area contributed by atoms with Crippen molar-refractivity contribution in [3.8, 4) is 17.1 Å². The van der Waals surface area contributed by atoms with Crippen molar-refractivity contribution in [2.24, 2.45) is 0 Å². The van der Waals surface area contributed by atoms with Crippen molar-refractivity contribution in [3.63, 3.8) is 0 Å². The summed E-state index contributed by atoms with van der Waals surface area (Å²) in [5, 5.41) is 11.2. The van der Waals surface area contributed by atoms with Crippen LogP contribution < -0.4 is 0 Å². The number of ether oxygens (including phenoxy) is 1. The summed E-state index contributed by atoms with van der Waals surface area (Å²) < 4.78 is 7.04. The highest BCUT2D eigenvalue weighted by Gasteiger charge is 2.18. The molecular weight excluding hydrogens is 422 g/mol. The molecule has 3 aromatic carbocycles. The molecule has 0 saturated heterocycles. The van der Waals surface area contributed by atoms with Gasteiger partial charge in [0.1, 0.15) is 5.69 Å². The summed E-state index contributed by atoms with van der Waals surface area (Å²) in [5.41, 5.74) is 8.45. The number of nitrogens with zero attached hydrogens (tertiary/aromatic N) is 3. The van der Waals surface area contributed by atoms with Crippen molar-refractivity contribution in [3.05, 3.63) is 119 Å². The van der Waals surface area contributed by atoms with Crippen molar-refractivity contribution in [2.45, 2.75) is 26.4 Å². The summed E-state index contributed by atoms with van der Waals surface area (Å²) in [6.07, 6.45) is 3.03. The van der Waals surface area contributed by atoms with Gasteiger partial charge in [-0.15, -0.1) is 0 Å². The van der Waals surface area contributed by atoms with Crippen LogP contribution in [0.2, 0.25) is 0 Å². The molecule has 1 N–H and O–H groups in total. The summed E-state index contributed by atoms with van der Waals surface area (Å²) in [5.74, 6) is 0.151. The van der Waals surface area contributed by atoms with Gasteiger partial charge in [-0.05, 0) is 29.7 Å². The molecule has 0 amide bonds. The molecule has 0 radical (unpaired) electrons. The van der Waals surface area contributed by atoms with Gasteiger partial charge in [0.2, 0.25) is 5.88 Å². The molecule has 0 bridgehead atoms. The third-order valence-electron chi connectivity index (χ3n) is 5.92. The minimum Gasteiger partial charge on any atom is -0.493 e. The highest BCUT2D eigenvalue weighted by molar-refractivity contribution is 5.64.